The average Bonchev–Trinajstić information content (AvgIpc) is 2.85. The van der Waals surface area contributed by atoms with Crippen molar-refractivity contribution in [1.82, 2.24) is 14.5 Å². The van der Waals surface area contributed by atoms with Gasteiger partial charge in [0, 0.05) is 38.8 Å². The number of sulfonamides is 1. The molecule has 128 valence electrons. The molecule has 0 amide bonds. The molecular formula is C17H27N3O2S. The Balaban J connectivity index is 1.64. The summed E-state index contributed by atoms with van der Waals surface area (Å²) in [4.78, 5) is 2.77. The van der Waals surface area contributed by atoms with Gasteiger partial charge in [0.1, 0.15) is 0 Å². The second-order valence-electron chi connectivity index (χ2n) is 7.11. The maximum atomic E-state index is 12.1. The van der Waals surface area contributed by atoms with Gasteiger partial charge in [-0.15, -0.1) is 0 Å². The van der Waals surface area contributed by atoms with Crippen LogP contribution in [-0.4, -0.2) is 56.9 Å². The monoisotopic (exact) mass is 337 g/mol. The minimum atomic E-state index is -3.34. The standard InChI is InChI=1S/C17H27N3O2S/c1-19(2)23(21,22)17-8-4-13(5-9-17)12-20(3)16-10-14-6-7-15(11-16)18-14/h4-5,8-9,14-16,18H,6-7,10-12H2,1-3H3. The minimum absolute atomic E-state index is 0.355. The maximum Gasteiger partial charge on any atom is 0.242 e. The normalized spacial score (nSPS) is 27.8. The lowest BCUT2D eigenvalue weighted by molar-refractivity contribution is 0.166. The van der Waals surface area contributed by atoms with Crippen LogP contribution in [0.25, 0.3) is 0 Å². The van der Waals surface area contributed by atoms with Crippen molar-refractivity contribution in [3.63, 3.8) is 0 Å². The van der Waals surface area contributed by atoms with E-state index in [1.54, 1.807) is 26.2 Å². The van der Waals surface area contributed by atoms with Crippen LogP contribution in [0.2, 0.25) is 0 Å². The van der Waals surface area contributed by atoms with E-state index in [1.807, 2.05) is 12.1 Å². The molecule has 0 aliphatic carbocycles. The fourth-order valence-corrected chi connectivity index (χ4v) is 4.68. The molecule has 6 heteroatoms. The van der Waals surface area contributed by atoms with E-state index >= 15 is 0 Å². The first-order valence-corrected chi connectivity index (χ1v) is 9.78. The molecule has 1 aromatic carbocycles. The Labute approximate surface area is 139 Å². The summed E-state index contributed by atoms with van der Waals surface area (Å²) in [5, 5.41) is 3.68. The molecule has 0 spiro atoms. The van der Waals surface area contributed by atoms with Crippen LogP contribution < -0.4 is 5.32 Å². The zero-order chi connectivity index (χ0) is 16.6. The average molecular weight is 337 g/mol. The smallest absolute Gasteiger partial charge is 0.242 e. The minimum Gasteiger partial charge on any atom is -0.311 e. The van der Waals surface area contributed by atoms with Gasteiger partial charge in [-0.3, -0.25) is 4.90 Å². The first-order chi connectivity index (χ1) is 10.9. The summed E-state index contributed by atoms with van der Waals surface area (Å²) >= 11 is 0. The SMILES string of the molecule is CN(Cc1ccc(S(=O)(=O)N(C)C)cc1)C1CC2CCC(C1)N2. The van der Waals surface area contributed by atoms with Crippen LogP contribution in [0.15, 0.2) is 29.2 Å². The summed E-state index contributed by atoms with van der Waals surface area (Å²) in [7, 11) is 1.96. The Morgan fingerprint density at radius 1 is 1.04 bits per heavy atom. The quantitative estimate of drug-likeness (QED) is 0.888. The van der Waals surface area contributed by atoms with E-state index in [9.17, 15) is 8.42 Å². The molecule has 2 fully saturated rings. The van der Waals surface area contributed by atoms with Gasteiger partial charge in [-0.1, -0.05) is 12.1 Å². The Morgan fingerprint density at radius 2 is 1.61 bits per heavy atom. The van der Waals surface area contributed by atoms with Gasteiger partial charge in [0.05, 0.1) is 4.90 Å². The van der Waals surface area contributed by atoms with Crippen LogP contribution in [0.1, 0.15) is 31.2 Å². The van der Waals surface area contributed by atoms with E-state index in [-0.39, 0.29) is 0 Å². The molecular weight excluding hydrogens is 310 g/mol. The van der Waals surface area contributed by atoms with Crippen LogP contribution in [-0.2, 0) is 16.6 Å². The number of benzene rings is 1. The van der Waals surface area contributed by atoms with Gasteiger partial charge in [0.25, 0.3) is 0 Å². The second-order valence-corrected chi connectivity index (χ2v) is 9.26. The zero-order valence-corrected chi connectivity index (χ0v) is 15.0. The summed E-state index contributed by atoms with van der Waals surface area (Å²) in [6, 6.07) is 9.29. The molecule has 0 radical (unpaired) electrons. The summed E-state index contributed by atoms with van der Waals surface area (Å²) in [6.07, 6.45) is 5.07. The highest BCUT2D eigenvalue weighted by Crippen LogP contribution is 2.29. The molecule has 23 heavy (non-hydrogen) atoms. The lowest BCUT2D eigenvalue weighted by Gasteiger charge is -2.35. The van der Waals surface area contributed by atoms with Gasteiger partial charge in [-0.25, -0.2) is 12.7 Å². The second kappa shape index (κ2) is 6.51. The van der Waals surface area contributed by atoms with Gasteiger partial charge in [0.2, 0.25) is 10.0 Å². The highest BCUT2D eigenvalue weighted by Gasteiger charge is 2.34. The van der Waals surface area contributed by atoms with Crippen molar-refractivity contribution in [3.05, 3.63) is 29.8 Å². The Bertz CT molecular complexity index is 630. The fraction of sp³-hybridized carbons (Fsp3) is 0.647. The van der Waals surface area contributed by atoms with E-state index in [4.69, 9.17) is 0 Å². The third-order valence-corrected chi connectivity index (χ3v) is 7.03. The fourth-order valence-electron chi connectivity index (χ4n) is 3.78. The van der Waals surface area contributed by atoms with E-state index in [2.05, 4.69) is 17.3 Å². The molecule has 2 atom stereocenters. The van der Waals surface area contributed by atoms with Gasteiger partial charge < -0.3 is 5.32 Å². The molecule has 5 nitrogen and oxygen atoms in total. The Hall–Kier alpha value is -0.950. The topological polar surface area (TPSA) is 52.7 Å². The van der Waals surface area contributed by atoms with Crippen LogP contribution in [0.5, 0.6) is 0 Å². The zero-order valence-electron chi connectivity index (χ0n) is 14.2. The number of hydrogen-bond acceptors (Lipinski definition) is 4. The van der Waals surface area contributed by atoms with Crippen LogP contribution in [0, 0.1) is 0 Å². The Kier molecular flexibility index (Phi) is 4.78. The first kappa shape index (κ1) is 16.9. The molecule has 0 aromatic heterocycles. The summed E-state index contributed by atoms with van der Waals surface area (Å²) in [5.74, 6) is 0. The van der Waals surface area contributed by atoms with Gasteiger partial charge in [0.15, 0.2) is 0 Å². The number of piperidine rings is 1. The van der Waals surface area contributed by atoms with Crippen molar-refractivity contribution in [3.8, 4) is 0 Å². The van der Waals surface area contributed by atoms with Gasteiger partial charge in [-0.2, -0.15) is 0 Å². The van der Waals surface area contributed by atoms with Crippen molar-refractivity contribution in [2.45, 2.75) is 55.2 Å². The van der Waals surface area contributed by atoms with E-state index in [0.29, 0.717) is 23.0 Å². The van der Waals surface area contributed by atoms with E-state index in [1.165, 1.54) is 30.0 Å². The summed E-state index contributed by atoms with van der Waals surface area (Å²) in [6.45, 7) is 0.867. The van der Waals surface area contributed by atoms with Gasteiger partial charge in [-0.05, 0) is 50.4 Å². The third kappa shape index (κ3) is 3.60. The largest absolute Gasteiger partial charge is 0.311 e. The van der Waals surface area contributed by atoms with Crippen molar-refractivity contribution in [2.75, 3.05) is 21.1 Å². The summed E-state index contributed by atoms with van der Waals surface area (Å²) in [5.41, 5.74) is 1.16. The maximum absolute atomic E-state index is 12.1. The highest BCUT2D eigenvalue weighted by atomic mass is 32.2. The van der Waals surface area contributed by atoms with E-state index in [0.717, 1.165) is 12.1 Å². The highest BCUT2D eigenvalue weighted by molar-refractivity contribution is 7.89. The van der Waals surface area contributed by atoms with Crippen molar-refractivity contribution in [1.29, 1.82) is 0 Å². The van der Waals surface area contributed by atoms with Crippen LogP contribution in [0.4, 0.5) is 0 Å². The molecule has 1 N–H and O–H groups in total. The number of rotatable bonds is 5. The molecule has 1 aromatic rings. The molecule has 2 saturated heterocycles. The number of hydrogen-bond donors (Lipinski definition) is 1. The molecule has 3 rings (SSSR count). The number of fused-ring (bicyclic) bond motifs is 2. The molecule has 2 heterocycles. The van der Waals surface area contributed by atoms with Crippen LogP contribution >= 0.6 is 0 Å². The van der Waals surface area contributed by atoms with Crippen molar-refractivity contribution < 1.29 is 8.42 Å². The first-order valence-electron chi connectivity index (χ1n) is 8.34. The van der Waals surface area contributed by atoms with Crippen molar-refractivity contribution in [2.24, 2.45) is 0 Å². The molecule has 2 aliphatic heterocycles. The van der Waals surface area contributed by atoms with E-state index < -0.39 is 10.0 Å². The molecule has 2 bridgehead atoms. The predicted molar refractivity (Wildman–Crippen MR) is 91.7 cm³/mol. The Morgan fingerprint density at radius 3 is 2.13 bits per heavy atom. The lowest BCUT2D eigenvalue weighted by Crippen LogP contribution is -2.46. The van der Waals surface area contributed by atoms with Crippen molar-refractivity contribution >= 4 is 10.0 Å². The van der Waals surface area contributed by atoms with Gasteiger partial charge >= 0.3 is 0 Å². The number of nitrogens with one attached hydrogen (secondary N) is 1. The predicted octanol–water partition coefficient (Wildman–Crippen LogP) is 1.65. The van der Waals surface area contributed by atoms with Crippen LogP contribution in [0.3, 0.4) is 0 Å². The third-order valence-electron chi connectivity index (χ3n) is 5.21. The molecule has 0 saturated carbocycles. The molecule has 2 unspecified atom stereocenters. The molecule has 2 aliphatic rings. The number of nitrogens with zero attached hydrogens (tertiary/aromatic N) is 2. The summed E-state index contributed by atoms with van der Waals surface area (Å²) < 4.78 is 25.4. The lowest BCUT2D eigenvalue weighted by atomic mass is 9.98.